The van der Waals surface area contributed by atoms with E-state index in [1.54, 1.807) is 6.92 Å². The number of hydrogen-bond acceptors (Lipinski definition) is 3. The summed E-state index contributed by atoms with van der Waals surface area (Å²) in [6.07, 6.45) is 1.34. The van der Waals surface area contributed by atoms with E-state index < -0.39 is 0 Å². The zero-order valence-corrected chi connectivity index (χ0v) is 10.6. The molecule has 1 rings (SSSR count). The Bertz CT molecular complexity index is 376. The smallest absolute Gasteiger partial charge is 0.204 e. The summed E-state index contributed by atoms with van der Waals surface area (Å²) >= 11 is 0. The Balaban J connectivity index is 0.000000770. The summed E-state index contributed by atoms with van der Waals surface area (Å²) in [5.74, 6) is 0.115. The number of benzene rings is 1. The summed E-state index contributed by atoms with van der Waals surface area (Å²) in [5, 5.41) is 3.31. The van der Waals surface area contributed by atoms with Gasteiger partial charge in [-0.25, -0.2) is 0 Å². The molecule has 1 aromatic carbocycles. The van der Waals surface area contributed by atoms with Crippen molar-refractivity contribution in [3.05, 3.63) is 29.3 Å². The molecule has 0 aliphatic rings. The number of amides is 1. The summed E-state index contributed by atoms with van der Waals surface area (Å²) in [6.45, 7) is 6.70. The number of primary amides is 1. The highest BCUT2D eigenvalue weighted by Gasteiger charge is 2.02. The lowest BCUT2D eigenvalue weighted by atomic mass is 10.1. The van der Waals surface area contributed by atoms with Gasteiger partial charge in [-0.3, -0.25) is 9.59 Å². The monoisotopic (exact) mass is 236 g/mol. The Morgan fingerprint density at radius 2 is 2.06 bits per heavy atom. The highest BCUT2D eigenvalue weighted by molar-refractivity contribution is 5.95. The molecule has 0 radical (unpaired) electrons. The number of carbonyl (C=O) groups is 2. The molecule has 0 fully saturated rings. The normalized spacial score (nSPS) is 8.88. The van der Waals surface area contributed by atoms with Crippen LogP contribution < -0.4 is 11.1 Å². The van der Waals surface area contributed by atoms with Gasteiger partial charge in [-0.05, 0) is 31.9 Å². The van der Waals surface area contributed by atoms with Gasteiger partial charge in [-0.1, -0.05) is 19.1 Å². The number of hydrogen-bond donors (Lipinski definition) is 2. The fourth-order valence-corrected chi connectivity index (χ4v) is 1.29. The van der Waals surface area contributed by atoms with Gasteiger partial charge in [0, 0.05) is 17.8 Å². The summed E-state index contributed by atoms with van der Waals surface area (Å²) in [5.41, 5.74) is 7.19. The molecule has 0 saturated carbocycles. The first-order chi connectivity index (χ1) is 8.06. The molecular formula is C13H20N2O2. The highest BCUT2D eigenvalue weighted by Crippen LogP contribution is 2.17. The van der Waals surface area contributed by atoms with Crippen molar-refractivity contribution in [1.29, 1.82) is 0 Å². The van der Waals surface area contributed by atoms with Gasteiger partial charge in [0.25, 0.3) is 0 Å². The van der Waals surface area contributed by atoms with E-state index in [-0.39, 0.29) is 12.2 Å². The summed E-state index contributed by atoms with van der Waals surface area (Å²) in [4.78, 5) is 19.7. The summed E-state index contributed by atoms with van der Waals surface area (Å²) in [7, 11) is 0. The van der Waals surface area contributed by atoms with Crippen LogP contribution in [0.4, 0.5) is 5.69 Å². The van der Waals surface area contributed by atoms with Crippen molar-refractivity contribution in [3.63, 3.8) is 0 Å². The maximum absolute atomic E-state index is 11.2. The zero-order chi connectivity index (χ0) is 13.3. The summed E-state index contributed by atoms with van der Waals surface area (Å²) < 4.78 is 0. The van der Waals surface area contributed by atoms with Gasteiger partial charge in [-0.2, -0.15) is 0 Å². The molecule has 0 aromatic heterocycles. The van der Waals surface area contributed by atoms with E-state index in [1.165, 1.54) is 5.56 Å². The number of Topliss-reactive ketones (excluding diaryl/α,β-unsaturated/α-hetero) is 1. The van der Waals surface area contributed by atoms with Gasteiger partial charge in [0.15, 0.2) is 5.78 Å². The molecule has 0 unspecified atom stereocenters. The average Bonchev–Trinajstić information content (AvgIpc) is 2.28. The molecule has 1 amide bonds. The molecule has 17 heavy (non-hydrogen) atoms. The molecule has 0 aliphatic heterocycles. The van der Waals surface area contributed by atoms with Crippen LogP contribution >= 0.6 is 0 Å². The quantitative estimate of drug-likeness (QED) is 0.621. The fourth-order valence-electron chi connectivity index (χ4n) is 1.29. The first-order valence-electron chi connectivity index (χ1n) is 5.57. The Labute approximate surface area is 102 Å². The van der Waals surface area contributed by atoms with Gasteiger partial charge in [-0.15, -0.1) is 0 Å². The minimum absolute atomic E-state index is 0.115. The van der Waals surface area contributed by atoms with Gasteiger partial charge in [0.2, 0.25) is 6.41 Å². The minimum Gasteiger partial charge on any atom is -0.385 e. The van der Waals surface area contributed by atoms with Crippen LogP contribution in [0.1, 0.15) is 36.2 Å². The van der Waals surface area contributed by atoms with Crippen LogP contribution in [0.2, 0.25) is 0 Å². The molecule has 4 nitrogen and oxygen atoms in total. The first-order valence-corrected chi connectivity index (χ1v) is 5.57. The number of anilines is 1. The molecule has 0 heterocycles. The first kappa shape index (κ1) is 15.2. The number of carbonyl (C=O) groups excluding carboxylic acids is 2. The average molecular weight is 236 g/mol. The molecule has 1 aromatic rings. The molecular weight excluding hydrogens is 216 g/mol. The van der Waals surface area contributed by atoms with Crippen LogP contribution in [-0.4, -0.2) is 18.7 Å². The van der Waals surface area contributed by atoms with E-state index in [1.807, 2.05) is 25.1 Å². The van der Waals surface area contributed by atoms with Crippen molar-refractivity contribution in [2.24, 2.45) is 5.73 Å². The third-order valence-corrected chi connectivity index (χ3v) is 2.21. The van der Waals surface area contributed by atoms with Gasteiger partial charge in [0.05, 0.1) is 0 Å². The van der Waals surface area contributed by atoms with E-state index in [9.17, 15) is 4.79 Å². The Morgan fingerprint density at radius 3 is 2.53 bits per heavy atom. The summed E-state index contributed by atoms with van der Waals surface area (Å²) in [6, 6.07) is 5.77. The SMILES string of the molecule is CCCNc1cc(C(C)=O)ccc1C.NC=O. The van der Waals surface area contributed by atoms with E-state index in [2.05, 4.69) is 18.0 Å². The lowest BCUT2D eigenvalue weighted by molar-refractivity contribution is -0.106. The van der Waals surface area contributed by atoms with Crippen LogP contribution in [-0.2, 0) is 4.79 Å². The van der Waals surface area contributed by atoms with Crippen molar-refractivity contribution in [3.8, 4) is 0 Å². The van der Waals surface area contributed by atoms with Crippen LogP contribution in [0.25, 0.3) is 0 Å². The Kier molecular flexibility index (Phi) is 7.43. The second-order valence-corrected chi connectivity index (χ2v) is 3.65. The van der Waals surface area contributed by atoms with Crippen molar-refractivity contribution in [1.82, 2.24) is 0 Å². The molecule has 0 aliphatic carbocycles. The third-order valence-electron chi connectivity index (χ3n) is 2.21. The van der Waals surface area contributed by atoms with E-state index in [4.69, 9.17) is 4.79 Å². The highest BCUT2D eigenvalue weighted by atomic mass is 16.1. The zero-order valence-electron chi connectivity index (χ0n) is 10.6. The van der Waals surface area contributed by atoms with Gasteiger partial charge in [0.1, 0.15) is 0 Å². The van der Waals surface area contributed by atoms with Crippen molar-refractivity contribution in [2.75, 3.05) is 11.9 Å². The van der Waals surface area contributed by atoms with Gasteiger partial charge < -0.3 is 11.1 Å². The van der Waals surface area contributed by atoms with E-state index >= 15 is 0 Å². The molecule has 94 valence electrons. The number of nitrogens with one attached hydrogen (secondary N) is 1. The molecule has 0 bridgehead atoms. The van der Waals surface area contributed by atoms with Crippen molar-refractivity contribution >= 4 is 17.9 Å². The van der Waals surface area contributed by atoms with Crippen LogP contribution in [0.5, 0.6) is 0 Å². The number of ketones is 1. The number of nitrogens with two attached hydrogens (primary N) is 1. The largest absolute Gasteiger partial charge is 0.385 e. The van der Waals surface area contributed by atoms with Gasteiger partial charge >= 0.3 is 0 Å². The van der Waals surface area contributed by atoms with Crippen LogP contribution in [0.15, 0.2) is 18.2 Å². The molecule has 0 spiro atoms. The van der Waals surface area contributed by atoms with Crippen molar-refractivity contribution < 1.29 is 9.59 Å². The second-order valence-electron chi connectivity index (χ2n) is 3.65. The Hall–Kier alpha value is -1.84. The Morgan fingerprint density at radius 1 is 1.47 bits per heavy atom. The fraction of sp³-hybridized carbons (Fsp3) is 0.385. The van der Waals surface area contributed by atoms with E-state index in [0.717, 1.165) is 24.2 Å². The maximum Gasteiger partial charge on any atom is 0.204 e. The second kappa shape index (κ2) is 8.33. The predicted octanol–water partition coefficient (Wildman–Crippen LogP) is 2.12. The molecule has 4 heteroatoms. The molecule has 3 N–H and O–H groups in total. The molecule has 0 saturated heterocycles. The third kappa shape index (κ3) is 5.70. The predicted molar refractivity (Wildman–Crippen MR) is 70.2 cm³/mol. The van der Waals surface area contributed by atoms with Crippen LogP contribution in [0, 0.1) is 6.92 Å². The standard InChI is InChI=1S/C12H17NO.CH3NO/c1-4-7-13-12-8-11(10(3)14)6-5-9(12)2;2-1-3/h5-6,8,13H,4,7H2,1-3H3;1H,(H2,2,3). The minimum atomic E-state index is 0.115. The van der Waals surface area contributed by atoms with E-state index in [0.29, 0.717) is 0 Å². The topological polar surface area (TPSA) is 72.2 Å². The molecule has 0 atom stereocenters. The lowest BCUT2D eigenvalue weighted by Crippen LogP contribution is -2.03. The number of rotatable bonds is 4. The van der Waals surface area contributed by atoms with Crippen LogP contribution in [0.3, 0.4) is 0 Å². The van der Waals surface area contributed by atoms with Crippen molar-refractivity contribution in [2.45, 2.75) is 27.2 Å². The lowest BCUT2D eigenvalue weighted by Gasteiger charge is -2.09. The number of aryl methyl sites for hydroxylation is 1. The maximum atomic E-state index is 11.2.